The standard InChI is InChI=1S/C15H26N2O3/c1-2-17(12-5-8-19-9-6-12)13-10-16(11-13)15(18)14-4-3-7-20-14/h12-14H,2-11H2,1H3. The van der Waals surface area contributed by atoms with E-state index >= 15 is 0 Å². The SMILES string of the molecule is CCN(C1CCOCC1)C1CN(C(=O)C2CCCO2)C1. The van der Waals surface area contributed by atoms with Crippen LogP contribution in [0.4, 0.5) is 0 Å². The van der Waals surface area contributed by atoms with Gasteiger partial charge in [-0.15, -0.1) is 0 Å². The van der Waals surface area contributed by atoms with E-state index in [9.17, 15) is 4.79 Å². The minimum absolute atomic E-state index is 0.158. The summed E-state index contributed by atoms with van der Waals surface area (Å²) in [5.41, 5.74) is 0. The molecule has 0 aromatic rings. The van der Waals surface area contributed by atoms with E-state index < -0.39 is 0 Å². The summed E-state index contributed by atoms with van der Waals surface area (Å²) in [5, 5.41) is 0. The largest absolute Gasteiger partial charge is 0.381 e. The summed E-state index contributed by atoms with van der Waals surface area (Å²) in [4.78, 5) is 16.8. The van der Waals surface area contributed by atoms with Crippen molar-refractivity contribution < 1.29 is 14.3 Å². The molecule has 3 aliphatic rings. The lowest BCUT2D eigenvalue weighted by Gasteiger charge is -2.49. The third kappa shape index (κ3) is 2.85. The van der Waals surface area contributed by atoms with Gasteiger partial charge in [-0.3, -0.25) is 9.69 Å². The predicted molar refractivity (Wildman–Crippen MR) is 75.6 cm³/mol. The van der Waals surface area contributed by atoms with E-state index in [2.05, 4.69) is 11.8 Å². The number of nitrogens with zero attached hydrogens (tertiary/aromatic N) is 2. The van der Waals surface area contributed by atoms with Crippen molar-refractivity contribution in [2.24, 2.45) is 0 Å². The lowest BCUT2D eigenvalue weighted by Crippen LogP contribution is -2.64. The number of hydrogen-bond acceptors (Lipinski definition) is 4. The molecule has 3 aliphatic heterocycles. The van der Waals surface area contributed by atoms with Gasteiger partial charge in [0.05, 0.1) is 0 Å². The van der Waals surface area contributed by atoms with Crippen LogP contribution < -0.4 is 0 Å². The Morgan fingerprint density at radius 2 is 1.90 bits per heavy atom. The van der Waals surface area contributed by atoms with Gasteiger partial charge in [-0.05, 0) is 32.2 Å². The van der Waals surface area contributed by atoms with E-state index in [0.717, 1.165) is 65.1 Å². The molecule has 1 unspecified atom stereocenters. The normalized spacial score (nSPS) is 28.9. The first-order valence-corrected chi connectivity index (χ1v) is 8.03. The number of hydrogen-bond donors (Lipinski definition) is 0. The Kier molecular flexibility index (Phi) is 4.58. The van der Waals surface area contributed by atoms with Crippen LogP contribution in [-0.4, -0.2) is 73.3 Å². The summed E-state index contributed by atoms with van der Waals surface area (Å²) in [7, 11) is 0. The molecule has 3 heterocycles. The van der Waals surface area contributed by atoms with Gasteiger partial charge < -0.3 is 14.4 Å². The second kappa shape index (κ2) is 6.41. The van der Waals surface area contributed by atoms with Crippen molar-refractivity contribution in [3.05, 3.63) is 0 Å². The van der Waals surface area contributed by atoms with Crippen LogP contribution in [-0.2, 0) is 14.3 Å². The lowest BCUT2D eigenvalue weighted by atomic mass is 9.99. The Morgan fingerprint density at radius 3 is 2.50 bits per heavy atom. The lowest BCUT2D eigenvalue weighted by molar-refractivity contribution is -0.149. The summed E-state index contributed by atoms with van der Waals surface area (Å²) in [6.45, 7) is 7.56. The molecule has 5 nitrogen and oxygen atoms in total. The van der Waals surface area contributed by atoms with Crippen LogP contribution in [0.2, 0.25) is 0 Å². The van der Waals surface area contributed by atoms with Gasteiger partial charge in [-0.1, -0.05) is 6.92 Å². The highest BCUT2D eigenvalue weighted by Crippen LogP contribution is 2.25. The maximum atomic E-state index is 12.2. The van der Waals surface area contributed by atoms with Gasteiger partial charge in [0.15, 0.2) is 0 Å². The van der Waals surface area contributed by atoms with Crippen LogP contribution >= 0.6 is 0 Å². The third-order valence-electron chi connectivity index (χ3n) is 4.87. The Balaban J connectivity index is 1.49. The fourth-order valence-electron chi connectivity index (χ4n) is 3.65. The van der Waals surface area contributed by atoms with Crippen molar-refractivity contribution in [2.75, 3.05) is 39.5 Å². The number of amides is 1. The Labute approximate surface area is 121 Å². The molecule has 1 atom stereocenters. The maximum Gasteiger partial charge on any atom is 0.251 e. The van der Waals surface area contributed by atoms with Crippen LogP contribution in [0.5, 0.6) is 0 Å². The number of likely N-dealkylation sites (tertiary alicyclic amines) is 1. The van der Waals surface area contributed by atoms with E-state index in [1.807, 2.05) is 4.90 Å². The highest BCUT2D eigenvalue weighted by molar-refractivity contribution is 5.82. The summed E-state index contributed by atoms with van der Waals surface area (Å²) >= 11 is 0. The van der Waals surface area contributed by atoms with Gasteiger partial charge in [0.2, 0.25) is 0 Å². The molecule has 114 valence electrons. The molecule has 0 aliphatic carbocycles. The van der Waals surface area contributed by atoms with Crippen molar-refractivity contribution in [1.29, 1.82) is 0 Å². The number of ether oxygens (including phenoxy) is 2. The summed E-state index contributed by atoms with van der Waals surface area (Å²) < 4.78 is 10.9. The zero-order chi connectivity index (χ0) is 13.9. The molecule has 0 spiro atoms. The van der Waals surface area contributed by atoms with Crippen molar-refractivity contribution in [3.8, 4) is 0 Å². The van der Waals surface area contributed by atoms with E-state index in [1.54, 1.807) is 0 Å². The van der Waals surface area contributed by atoms with Crippen molar-refractivity contribution in [2.45, 2.75) is 50.8 Å². The first-order valence-electron chi connectivity index (χ1n) is 8.03. The zero-order valence-corrected chi connectivity index (χ0v) is 12.4. The van der Waals surface area contributed by atoms with Gasteiger partial charge in [-0.25, -0.2) is 0 Å². The Bertz CT molecular complexity index is 332. The second-order valence-electron chi connectivity index (χ2n) is 6.07. The first kappa shape index (κ1) is 14.3. The van der Waals surface area contributed by atoms with Crippen molar-refractivity contribution in [3.63, 3.8) is 0 Å². The number of carbonyl (C=O) groups excluding carboxylic acids is 1. The minimum atomic E-state index is -0.158. The van der Waals surface area contributed by atoms with Gasteiger partial charge in [-0.2, -0.15) is 0 Å². The monoisotopic (exact) mass is 282 g/mol. The molecule has 3 rings (SSSR count). The molecule has 0 saturated carbocycles. The fraction of sp³-hybridized carbons (Fsp3) is 0.933. The summed E-state index contributed by atoms with van der Waals surface area (Å²) in [5.74, 6) is 0.210. The molecular weight excluding hydrogens is 256 g/mol. The van der Waals surface area contributed by atoms with E-state index in [1.165, 1.54) is 0 Å². The van der Waals surface area contributed by atoms with E-state index in [4.69, 9.17) is 9.47 Å². The Morgan fingerprint density at radius 1 is 1.15 bits per heavy atom. The number of likely N-dealkylation sites (N-methyl/N-ethyl adjacent to an activating group) is 1. The van der Waals surface area contributed by atoms with Gasteiger partial charge in [0.25, 0.3) is 5.91 Å². The molecule has 0 radical (unpaired) electrons. The van der Waals surface area contributed by atoms with E-state index in [-0.39, 0.29) is 12.0 Å². The smallest absolute Gasteiger partial charge is 0.251 e. The molecule has 3 saturated heterocycles. The van der Waals surface area contributed by atoms with Crippen LogP contribution in [0.25, 0.3) is 0 Å². The highest BCUT2D eigenvalue weighted by atomic mass is 16.5. The van der Waals surface area contributed by atoms with Crippen LogP contribution in [0.15, 0.2) is 0 Å². The molecule has 5 heteroatoms. The zero-order valence-electron chi connectivity index (χ0n) is 12.4. The van der Waals surface area contributed by atoms with Gasteiger partial charge >= 0.3 is 0 Å². The van der Waals surface area contributed by atoms with Gasteiger partial charge in [0.1, 0.15) is 6.10 Å². The molecule has 0 aromatic carbocycles. The Hall–Kier alpha value is -0.650. The summed E-state index contributed by atoms with van der Waals surface area (Å²) in [6, 6.07) is 1.17. The fourth-order valence-corrected chi connectivity index (χ4v) is 3.65. The van der Waals surface area contributed by atoms with Crippen LogP contribution in [0.3, 0.4) is 0 Å². The van der Waals surface area contributed by atoms with Gasteiger partial charge in [0, 0.05) is 45.0 Å². The first-order chi connectivity index (χ1) is 9.79. The molecule has 20 heavy (non-hydrogen) atoms. The molecule has 0 bridgehead atoms. The summed E-state index contributed by atoms with van der Waals surface area (Å²) in [6.07, 6.45) is 4.02. The molecule has 0 aromatic heterocycles. The van der Waals surface area contributed by atoms with Crippen molar-refractivity contribution in [1.82, 2.24) is 9.80 Å². The average Bonchev–Trinajstić information content (AvgIpc) is 2.96. The third-order valence-corrected chi connectivity index (χ3v) is 4.87. The predicted octanol–water partition coefficient (Wildman–Crippen LogP) is 0.877. The topological polar surface area (TPSA) is 42.0 Å². The molecular formula is C15H26N2O3. The van der Waals surface area contributed by atoms with Crippen molar-refractivity contribution >= 4 is 5.91 Å². The maximum absolute atomic E-state index is 12.2. The molecule has 3 fully saturated rings. The van der Waals surface area contributed by atoms with Crippen LogP contribution in [0.1, 0.15) is 32.6 Å². The number of carbonyl (C=O) groups is 1. The quantitative estimate of drug-likeness (QED) is 0.767. The highest BCUT2D eigenvalue weighted by Gasteiger charge is 2.40. The molecule has 1 amide bonds. The second-order valence-corrected chi connectivity index (χ2v) is 6.07. The minimum Gasteiger partial charge on any atom is -0.381 e. The number of rotatable bonds is 4. The van der Waals surface area contributed by atoms with E-state index in [0.29, 0.717) is 12.1 Å². The molecule has 0 N–H and O–H groups in total. The van der Waals surface area contributed by atoms with Crippen LogP contribution in [0, 0.1) is 0 Å². The average molecular weight is 282 g/mol.